The van der Waals surface area contributed by atoms with E-state index in [9.17, 15) is 0 Å². The molecule has 0 bridgehead atoms. The van der Waals surface area contributed by atoms with Crippen LogP contribution in [0.3, 0.4) is 0 Å². The summed E-state index contributed by atoms with van der Waals surface area (Å²) < 4.78 is 0. The quantitative estimate of drug-likeness (QED) is 0.669. The molecule has 1 unspecified atom stereocenters. The van der Waals surface area contributed by atoms with E-state index in [-0.39, 0.29) is 6.04 Å². The highest BCUT2D eigenvalue weighted by molar-refractivity contribution is 6.42. The van der Waals surface area contributed by atoms with E-state index in [1.165, 1.54) is 0 Å². The number of anilines is 1. The molecule has 0 fully saturated rings. The molecule has 0 aliphatic rings. The molecule has 0 saturated heterocycles. The van der Waals surface area contributed by atoms with Crippen LogP contribution in [0.15, 0.2) is 54.9 Å². The van der Waals surface area contributed by atoms with Crippen LogP contribution in [0.25, 0.3) is 10.8 Å². The van der Waals surface area contributed by atoms with Crippen molar-refractivity contribution in [1.82, 2.24) is 4.98 Å². The Kier molecular flexibility index (Phi) is 4.00. The van der Waals surface area contributed by atoms with E-state index < -0.39 is 0 Å². The normalized spacial score (nSPS) is 12.3. The number of hydrogen-bond acceptors (Lipinski definition) is 2. The van der Waals surface area contributed by atoms with Crippen molar-refractivity contribution in [2.24, 2.45) is 0 Å². The number of hydrogen-bond donors (Lipinski definition) is 1. The van der Waals surface area contributed by atoms with Gasteiger partial charge in [-0.3, -0.25) is 4.98 Å². The summed E-state index contributed by atoms with van der Waals surface area (Å²) in [5, 5.41) is 6.92. The van der Waals surface area contributed by atoms with Gasteiger partial charge in [0.15, 0.2) is 0 Å². The first-order valence-electron chi connectivity index (χ1n) is 6.69. The topological polar surface area (TPSA) is 24.9 Å². The Bertz CT molecular complexity index is 781. The molecule has 4 heteroatoms. The summed E-state index contributed by atoms with van der Waals surface area (Å²) in [6, 6.07) is 14.0. The zero-order chi connectivity index (χ0) is 14.8. The first-order valence-corrected chi connectivity index (χ1v) is 7.45. The van der Waals surface area contributed by atoms with Crippen molar-refractivity contribution in [3.63, 3.8) is 0 Å². The van der Waals surface area contributed by atoms with Crippen LogP contribution >= 0.6 is 23.2 Å². The molecule has 3 aromatic rings. The van der Waals surface area contributed by atoms with Gasteiger partial charge in [0.05, 0.1) is 10.0 Å². The summed E-state index contributed by atoms with van der Waals surface area (Å²) in [7, 11) is 0. The molecule has 0 aliphatic carbocycles. The van der Waals surface area contributed by atoms with Crippen molar-refractivity contribution in [2.45, 2.75) is 13.0 Å². The zero-order valence-corrected chi connectivity index (χ0v) is 13.0. The molecule has 2 aromatic carbocycles. The van der Waals surface area contributed by atoms with Crippen LogP contribution in [-0.2, 0) is 0 Å². The van der Waals surface area contributed by atoms with Crippen molar-refractivity contribution >= 4 is 39.7 Å². The van der Waals surface area contributed by atoms with Gasteiger partial charge in [0.25, 0.3) is 0 Å². The zero-order valence-electron chi connectivity index (χ0n) is 11.5. The Morgan fingerprint density at radius 3 is 2.71 bits per heavy atom. The largest absolute Gasteiger partial charge is 0.378 e. The highest BCUT2D eigenvalue weighted by atomic mass is 35.5. The van der Waals surface area contributed by atoms with Gasteiger partial charge in [-0.15, -0.1) is 0 Å². The first-order chi connectivity index (χ1) is 10.1. The van der Waals surface area contributed by atoms with Gasteiger partial charge < -0.3 is 5.32 Å². The summed E-state index contributed by atoms with van der Waals surface area (Å²) in [5.74, 6) is 0. The third-order valence-electron chi connectivity index (χ3n) is 3.50. The maximum Gasteiger partial charge on any atom is 0.0595 e. The average Bonchev–Trinajstić information content (AvgIpc) is 2.50. The molecular weight excluding hydrogens is 303 g/mol. The summed E-state index contributed by atoms with van der Waals surface area (Å²) >= 11 is 12.0. The van der Waals surface area contributed by atoms with E-state index in [0.29, 0.717) is 10.0 Å². The van der Waals surface area contributed by atoms with E-state index >= 15 is 0 Å². The van der Waals surface area contributed by atoms with E-state index in [0.717, 1.165) is 22.0 Å². The number of nitrogens with zero attached hydrogens (tertiary/aromatic N) is 1. The van der Waals surface area contributed by atoms with Crippen molar-refractivity contribution < 1.29 is 0 Å². The van der Waals surface area contributed by atoms with Gasteiger partial charge in [0, 0.05) is 29.5 Å². The fourth-order valence-electron chi connectivity index (χ4n) is 2.34. The minimum absolute atomic E-state index is 0.116. The Hall–Kier alpha value is -1.77. The second-order valence-electron chi connectivity index (χ2n) is 4.94. The summed E-state index contributed by atoms with van der Waals surface area (Å²) in [6.07, 6.45) is 3.67. The molecular formula is C17H14Cl2N2. The number of aromatic nitrogens is 1. The number of halogens is 2. The summed E-state index contributed by atoms with van der Waals surface area (Å²) in [5.41, 5.74) is 2.14. The van der Waals surface area contributed by atoms with Crippen LogP contribution in [0.2, 0.25) is 10.0 Å². The fourth-order valence-corrected chi connectivity index (χ4v) is 2.64. The number of benzene rings is 2. The lowest BCUT2D eigenvalue weighted by Crippen LogP contribution is -2.07. The molecule has 1 heterocycles. The van der Waals surface area contributed by atoms with Gasteiger partial charge >= 0.3 is 0 Å². The molecule has 21 heavy (non-hydrogen) atoms. The van der Waals surface area contributed by atoms with Gasteiger partial charge in [-0.2, -0.15) is 0 Å². The molecule has 1 N–H and O–H groups in total. The minimum Gasteiger partial charge on any atom is -0.378 e. The smallest absolute Gasteiger partial charge is 0.0595 e. The molecule has 1 aromatic heterocycles. The Labute approximate surface area is 133 Å². The first kappa shape index (κ1) is 14.2. The van der Waals surface area contributed by atoms with Crippen LogP contribution in [-0.4, -0.2) is 4.98 Å². The summed E-state index contributed by atoms with van der Waals surface area (Å²) in [4.78, 5) is 4.20. The number of fused-ring (bicyclic) bond motifs is 1. The number of nitrogens with one attached hydrogen (secondary N) is 1. The average molecular weight is 317 g/mol. The van der Waals surface area contributed by atoms with Crippen molar-refractivity contribution in [2.75, 3.05) is 5.32 Å². The predicted molar refractivity (Wildman–Crippen MR) is 90.2 cm³/mol. The van der Waals surface area contributed by atoms with Crippen molar-refractivity contribution in [3.8, 4) is 0 Å². The standard InChI is InChI=1S/C17H14Cl2N2/c1-11(13-5-6-15(18)16(19)9-13)21-17-4-2-3-12-7-8-20-10-14(12)17/h2-11,21H,1H3. The monoisotopic (exact) mass is 316 g/mol. The van der Waals surface area contributed by atoms with Crippen LogP contribution in [0.4, 0.5) is 5.69 Å². The maximum absolute atomic E-state index is 6.09. The highest BCUT2D eigenvalue weighted by Gasteiger charge is 2.09. The highest BCUT2D eigenvalue weighted by Crippen LogP contribution is 2.29. The Morgan fingerprint density at radius 1 is 1.05 bits per heavy atom. The predicted octanol–water partition coefficient (Wildman–Crippen LogP) is 5.71. The molecule has 2 nitrogen and oxygen atoms in total. The lowest BCUT2D eigenvalue weighted by molar-refractivity contribution is 0.887. The molecule has 106 valence electrons. The van der Waals surface area contributed by atoms with Crippen LogP contribution in [0.1, 0.15) is 18.5 Å². The van der Waals surface area contributed by atoms with Crippen LogP contribution < -0.4 is 5.32 Å². The van der Waals surface area contributed by atoms with Gasteiger partial charge in [-0.05, 0) is 42.1 Å². The molecule has 0 spiro atoms. The van der Waals surface area contributed by atoms with Crippen LogP contribution in [0, 0.1) is 0 Å². The lowest BCUT2D eigenvalue weighted by Gasteiger charge is -2.17. The van der Waals surface area contributed by atoms with Crippen LogP contribution in [0.5, 0.6) is 0 Å². The third-order valence-corrected chi connectivity index (χ3v) is 4.24. The fraction of sp³-hybridized carbons (Fsp3) is 0.118. The Balaban J connectivity index is 1.92. The second kappa shape index (κ2) is 5.92. The van der Waals surface area contributed by atoms with Gasteiger partial charge in [0.1, 0.15) is 0 Å². The Morgan fingerprint density at radius 2 is 1.90 bits per heavy atom. The number of pyridine rings is 1. The second-order valence-corrected chi connectivity index (χ2v) is 5.76. The van der Waals surface area contributed by atoms with E-state index in [4.69, 9.17) is 23.2 Å². The lowest BCUT2D eigenvalue weighted by atomic mass is 10.1. The van der Waals surface area contributed by atoms with Gasteiger partial charge in [0.2, 0.25) is 0 Å². The van der Waals surface area contributed by atoms with Crippen molar-refractivity contribution in [1.29, 1.82) is 0 Å². The van der Waals surface area contributed by atoms with Crippen molar-refractivity contribution in [3.05, 3.63) is 70.5 Å². The molecule has 0 radical (unpaired) electrons. The summed E-state index contributed by atoms with van der Waals surface area (Å²) in [6.45, 7) is 2.09. The molecule has 0 saturated carbocycles. The molecule has 1 atom stereocenters. The SMILES string of the molecule is CC(Nc1cccc2ccncc12)c1ccc(Cl)c(Cl)c1. The molecule has 0 aliphatic heterocycles. The number of rotatable bonds is 3. The minimum atomic E-state index is 0.116. The van der Waals surface area contributed by atoms with Gasteiger partial charge in [-0.25, -0.2) is 0 Å². The van der Waals surface area contributed by atoms with E-state index in [1.54, 1.807) is 6.20 Å². The van der Waals surface area contributed by atoms with Gasteiger partial charge in [-0.1, -0.05) is 41.4 Å². The van der Waals surface area contributed by atoms with E-state index in [2.05, 4.69) is 29.4 Å². The maximum atomic E-state index is 6.09. The molecule has 3 rings (SSSR count). The van der Waals surface area contributed by atoms with E-state index in [1.807, 2.05) is 36.5 Å². The third kappa shape index (κ3) is 2.97. The molecule has 0 amide bonds.